The van der Waals surface area contributed by atoms with Gasteiger partial charge in [0, 0.05) is 77.0 Å². The Hall–Kier alpha value is -9.12. The van der Waals surface area contributed by atoms with Crippen molar-refractivity contribution in [3.63, 3.8) is 0 Å². The van der Waals surface area contributed by atoms with E-state index in [2.05, 4.69) is 276 Å². The molecule has 10 aromatic carbocycles. The summed E-state index contributed by atoms with van der Waals surface area (Å²) in [6, 6.07) is 85.8. The van der Waals surface area contributed by atoms with E-state index in [9.17, 15) is 0 Å². The molecule has 74 heavy (non-hydrogen) atoms. The number of hydrogen-bond acceptors (Lipinski definition) is 0. The minimum atomic E-state index is -0.241. The Morgan fingerprint density at radius 2 is 0.581 bits per heavy atom. The Morgan fingerprint density at radius 1 is 0.257 bits per heavy atom. The van der Waals surface area contributed by atoms with E-state index in [4.69, 9.17) is 0 Å². The number of benzene rings is 10. The highest BCUT2D eigenvalue weighted by Crippen LogP contribution is 2.55. The Bertz CT molecular complexity index is 4370. The average molecular weight is 947 g/mol. The zero-order valence-corrected chi connectivity index (χ0v) is 41.7. The van der Waals surface area contributed by atoms with Crippen LogP contribution in [-0.4, -0.2) is 18.3 Å². The van der Waals surface area contributed by atoms with Gasteiger partial charge in [-0.25, -0.2) is 0 Å². The van der Waals surface area contributed by atoms with E-state index in [0.717, 1.165) is 11.4 Å². The minimum Gasteiger partial charge on any atom is -0.312 e. The molecule has 0 saturated heterocycles. The summed E-state index contributed by atoms with van der Waals surface area (Å²) in [5.41, 5.74) is 24.7. The highest BCUT2D eigenvalue weighted by molar-refractivity contribution is 6.13. The first-order valence-electron chi connectivity index (χ1n) is 26.0. The Kier molecular flexibility index (Phi) is 8.27. The maximum atomic E-state index is 2.55. The molecule has 4 aromatic heterocycles. The van der Waals surface area contributed by atoms with E-state index in [0.29, 0.717) is 0 Å². The molecule has 4 nitrogen and oxygen atoms in total. The third-order valence-electron chi connectivity index (χ3n) is 17.1. The zero-order chi connectivity index (χ0) is 49.2. The molecule has 4 heteroatoms. The van der Waals surface area contributed by atoms with Gasteiger partial charge >= 0.3 is 0 Å². The molecule has 0 unspecified atom stereocenters. The first kappa shape index (κ1) is 41.5. The molecule has 0 atom stereocenters. The van der Waals surface area contributed by atoms with Crippen molar-refractivity contribution in [2.24, 2.45) is 0 Å². The number of rotatable bonds is 5. The topological polar surface area (TPSA) is 19.7 Å². The lowest BCUT2D eigenvalue weighted by Gasteiger charge is -2.22. The van der Waals surface area contributed by atoms with E-state index in [1.807, 2.05) is 0 Å². The SMILES string of the molecule is CC1(C)c2cc3c(cc2-n2c1c(-c1ccccc1)c1ccccc12)c1ccccc1n3-c1ccc(-c2ccc(-n3c4ccccc4c4cc5c(cc43)C(C)(C)c3c(-c4ccccc4)c4ccccc4n3-5)cc2)cc1. The van der Waals surface area contributed by atoms with Crippen molar-refractivity contribution in [1.82, 2.24) is 18.3 Å². The average Bonchev–Trinajstić information content (AvgIpc) is 4.37. The van der Waals surface area contributed by atoms with Crippen molar-refractivity contribution in [1.29, 1.82) is 0 Å². The summed E-state index contributed by atoms with van der Waals surface area (Å²) in [5, 5.41) is 7.64. The van der Waals surface area contributed by atoms with Gasteiger partial charge in [-0.15, -0.1) is 0 Å². The van der Waals surface area contributed by atoms with Crippen molar-refractivity contribution in [3.05, 3.63) is 253 Å². The quantitative estimate of drug-likeness (QED) is 0.164. The molecule has 0 fully saturated rings. The van der Waals surface area contributed by atoms with Gasteiger partial charge in [0.15, 0.2) is 0 Å². The number of hydrogen-bond donors (Lipinski definition) is 0. The molecule has 14 aromatic rings. The maximum Gasteiger partial charge on any atom is 0.0545 e. The van der Waals surface area contributed by atoms with Gasteiger partial charge in [0.05, 0.1) is 44.5 Å². The Balaban J connectivity index is 0.790. The number of nitrogens with zero attached hydrogens (tertiary/aromatic N) is 4. The van der Waals surface area contributed by atoms with Gasteiger partial charge in [-0.2, -0.15) is 0 Å². The second kappa shape index (κ2) is 14.7. The number of fused-ring (bicyclic) bond motifs is 16. The summed E-state index contributed by atoms with van der Waals surface area (Å²) in [6.07, 6.45) is 0. The first-order valence-corrected chi connectivity index (χ1v) is 26.0. The Labute approximate surface area is 429 Å². The van der Waals surface area contributed by atoms with Crippen LogP contribution in [0.2, 0.25) is 0 Å². The lowest BCUT2D eigenvalue weighted by atomic mass is 9.80. The molecule has 0 saturated carbocycles. The number of aromatic nitrogens is 4. The summed E-state index contributed by atoms with van der Waals surface area (Å²) < 4.78 is 10.0. The highest BCUT2D eigenvalue weighted by atomic mass is 15.1. The summed E-state index contributed by atoms with van der Waals surface area (Å²) in [7, 11) is 0. The van der Waals surface area contributed by atoms with E-state index in [1.54, 1.807) is 0 Å². The van der Waals surface area contributed by atoms with Crippen LogP contribution in [0.15, 0.2) is 231 Å². The standard InChI is InChI=1S/C70H50N4/c1-69(2)55-41-61-53(39-63(55)73-59-29-17-13-25-51(59)65(67(69)73)45-19-7-5-8-20-45)49-23-11-15-27-57(49)71(61)47-35-31-43(32-36-47)44-33-37-48(38-34-44)72-58-28-16-12-24-50(58)54-40-64-56(42-62(54)72)70(3,4)68-66(46-21-9-6-10-22-46)52-26-14-18-30-60(52)74(64)68/h5-42H,1-4H3. The molecule has 6 heterocycles. The summed E-state index contributed by atoms with van der Waals surface area (Å²) in [4.78, 5) is 0. The fraction of sp³-hybridized carbons (Fsp3) is 0.0857. The maximum absolute atomic E-state index is 2.55. The minimum absolute atomic E-state index is 0.241. The van der Waals surface area contributed by atoms with Crippen LogP contribution in [0.25, 0.3) is 122 Å². The molecular weight excluding hydrogens is 897 g/mol. The molecular formula is C70H50N4. The highest BCUT2D eigenvalue weighted by Gasteiger charge is 2.43. The van der Waals surface area contributed by atoms with Gasteiger partial charge in [0.1, 0.15) is 0 Å². The largest absolute Gasteiger partial charge is 0.312 e. The lowest BCUT2D eigenvalue weighted by Crippen LogP contribution is -2.16. The van der Waals surface area contributed by atoms with Crippen molar-refractivity contribution >= 4 is 65.4 Å². The van der Waals surface area contributed by atoms with Crippen molar-refractivity contribution in [2.45, 2.75) is 38.5 Å². The van der Waals surface area contributed by atoms with Crippen LogP contribution in [0.4, 0.5) is 0 Å². The van der Waals surface area contributed by atoms with Crippen LogP contribution in [0.5, 0.6) is 0 Å². The van der Waals surface area contributed by atoms with Crippen LogP contribution < -0.4 is 0 Å². The van der Waals surface area contributed by atoms with Crippen LogP contribution in [0.1, 0.15) is 50.2 Å². The van der Waals surface area contributed by atoms with E-state index in [1.165, 1.54) is 133 Å². The normalized spacial score (nSPS) is 14.2. The van der Waals surface area contributed by atoms with Gasteiger partial charge in [-0.1, -0.05) is 185 Å². The van der Waals surface area contributed by atoms with E-state index < -0.39 is 0 Å². The van der Waals surface area contributed by atoms with Crippen LogP contribution in [0, 0.1) is 0 Å². The zero-order valence-electron chi connectivity index (χ0n) is 41.7. The predicted molar refractivity (Wildman–Crippen MR) is 309 cm³/mol. The monoisotopic (exact) mass is 946 g/mol. The van der Waals surface area contributed by atoms with Crippen LogP contribution in [-0.2, 0) is 10.8 Å². The second-order valence-corrected chi connectivity index (χ2v) is 21.7. The van der Waals surface area contributed by atoms with Gasteiger partial charge in [0.25, 0.3) is 0 Å². The molecule has 2 aliphatic heterocycles. The summed E-state index contributed by atoms with van der Waals surface area (Å²) >= 11 is 0. The number of para-hydroxylation sites is 4. The lowest BCUT2D eigenvalue weighted by molar-refractivity contribution is 0.647. The molecule has 0 N–H and O–H groups in total. The Morgan fingerprint density at radius 3 is 0.959 bits per heavy atom. The molecule has 0 aliphatic carbocycles. The summed E-state index contributed by atoms with van der Waals surface area (Å²) in [5.74, 6) is 0. The molecule has 0 amide bonds. The third-order valence-corrected chi connectivity index (χ3v) is 17.1. The van der Waals surface area contributed by atoms with E-state index in [-0.39, 0.29) is 10.8 Å². The first-order chi connectivity index (χ1) is 36.3. The van der Waals surface area contributed by atoms with Gasteiger partial charge in [-0.3, -0.25) is 0 Å². The summed E-state index contributed by atoms with van der Waals surface area (Å²) in [6.45, 7) is 9.63. The molecule has 350 valence electrons. The van der Waals surface area contributed by atoms with Crippen LogP contribution >= 0.6 is 0 Å². The molecule has 16 rings (SSSR count). The fourth-order valence-corrected chi connectivity index (χ4v) is 13.8. The van der Waals surface area contributed by atoms with Gasteiger partial charge in [0.2, 0.25) is 0 Å². The van der Waals surface area contributed by atoms with Crippen molar-refractivity contribution in [2.75, 3.05) is 0 Å². The smallest absolute Gasteiger partial charge is 0.0545 e. The fourth-order valence-electron chi connectivity index (χ4n) is 13.8. The van der Waals surface area contributed by atoms with E-state index >= 15 is 0 Å². The molecule has 2 aliphatic rings. The molecule has 0 bridgehead atoms. The van der Waals surface area contributed by atoms with Gasteiger partial charge < -0.3 is 18.3 Å². The molecule has 0 spiro atoms. The molecule has 0 radical (unpaired) electrons. The van der Waals surface area contributed by atoms with Gasteiger partial charge in [-0.05, 0) is 106 Å². The van der Waals surface area contributed by atoms with Crippen molar-refractivity contribution < 1.29 is 0 Å². The predicted octanol–water partition coefficient (Wildman–Crippen LogP) is 18.0. The van der Waals surface area contributed by atoms with Crippen LogP contribution in [0.3, 0.4) is 0 Å². The second-order valence-electron chi connectivity index (χ2n) is 21.7. The van der Waals surface area contributed by atoms with Crippen molar-refractivity contribution in [3.8, 4) is 56.1 Å². The third kappa shape index (κ3) is 5.41.